The van der Waals surface area contributed by atoms with Gasteiger partial charge in [-0.1, -0.05) is 11.6 Å². The van der Waals surface area contributed by atoms with Gasteiger partial charge in [0.1, 0.15) is 17.6 Å². The molecule has 2 unspecified atom stereocenters. The van der Waals surface area contributed by atoms with Crippen molar-refractivity contribution in [1.82, 2.24) is 5.32 Å². The number of carbonyl (C=O) groups is 1. The van der Waals surface area contributed by atoms with Crippen LogP contribution in [0.25, 0.3) is 0 Å². The van der Waals surface area contributed by atoms with Crippen LogP contribution in [0.1, 0.15) is 35.6 Å². The predicted octanol–water partition coefficient (Wildman–Crippen LogP) is 3.18. The van der Waals surface area contributed by atoms with Gasteiger partial charge >= 0.3 is 0 Å². The van der Waals surface area contributed by atoms with E-state index in [0.29, 0.717) is 28.5 Å². The first-order chi connectivity index (χ1) is 10.5. The number of amides is 1. The van der Waals surface area contributed by atoms with Crippen LogP contribution in [-0.2, 0) is 0 Å². The third-order valence-electron chi connectivity index (χ3n) is 3.23. The largest absolute Gasteiger partial charge is 0.496 e. The Labute approximate surface area is 133 Å². The zero-order valence-corrected chi connectivity index (χ0v) is 13.1. The van der Waals surface area contributed by atoms with Crippen molar-refractivity contribution in [2.24, 2.45) is 0 Å². The third-order valence-corrected chi connectivity index (χ3v) is 3.47. The Hall–Kier alpha value is -1.98. The van der Waals surface area contributed by atoms with Gasteiger partial charge < -0.3 is 19.6 Å². The first-order valence-corrected chi connectivity index (χ1v) is 7.25. The summed E-state index contributed by atoms with van der Waals surface area (Å²) in [6.45, 7) is 1.81. The maximum atomic E-state index is 12.3. The average molecular weight is 324 g/mol. The molecular weight excluding hydrogens is 306 g/mol. The topological polar surface area (TPSA) is 71.7 Å². The average Bonchev–Trinajstić information content (AvgIpc) is 3.01. The maximum Gasteiger partial charge on any atom is 0.255 e. The summed E-state index contributed by atoms with van der Waals surface area (Å²) in [6.07, 6.45) is 1.06. The minimum atomic E-state index is -0.772. The van der Waals surface area contributed by atoms with Crippen molar-refractivity contribution < 1.29 is 19.1 Å². The van der Waals surface area contributed by atoms with Crippen molar-refractivity contribution in [3.63, 3.8) is 0 Å². The zero-order valence-electron chi connectivity index (χ0n) is 12.4. The van der Waals surface area contributed by atoms with E-state index < -0.39 is 6.10 Å². The van der Waals surface area contributed by atoms with E-state index in [1.807, 2.05) is 0 Å². The predicted molar refractivity (Wildman–Crippen MR) is 83.2 cm³/mol. The Kier molecular flexibility index (Phi) is 5.46. The zero-order chi connectivity index (χ0) is 16.1. The van der Waals surface area contributed by atoms with Gasteiger partial charge in [0.15, 0.2) is 0 Å². The quantitative estimate of drug-likeness (QED) is 0.856. The molecule has 118 valence electrons. The number of aliphatic hydroxyl groups excluding tert-OH is 1. The molecule has 1 amide bonds. The molecule has 0 bridgehead atoms. The van der Waals surface area contributed by atoms with Crippen LogP contribution in [0.4, 0.5) is 0 Å². The molecule has 0 fully saturated rings. The second-order valence-electron chi connectivity index (χ2n) is 4.99. The molecule has 0 aliphatic heterocycles. The van der Waals surface area contributed by atoms with Crippen LogP contribution in [0.3, 0.4) is 0 Å². The van der Waals surface area contributed by atoms with E-state index in [0.717, 1.165) is 0 Å². The van der Waals surface area contributed by atoms with Gasteiger partial charge in [-0.3, -0.25) is 4.79 Å². The monoisotopic (exact) mass is 323 g/mol. The standard InChI is InChI=1S/C16H18ClNO4/c1-10(8-13(19)15-4-3-7-22-15)18-16(20)12-9-11(17)5-6-14(12)21-2/h3-7,9-10,13,19H,8H2,1-2H3,(H,18,20). The van der Waals surface area contributed by atoms with Crippen molar-refractivity contribution in [1.29, 1.82) is 0 Å². The number of ether oxygens (including phenoxy) is 1. The molecule has 6 heteroatoms. The molecule has 0 aliphatic carbocycles. The highest BCUT2D eigenvalue weighted by Gasteiger charge is 2.19. The Morgan fingerprint density at radius 1 is 1.45 bits per heavy atom. The fourth-order valence-electron chi connectivity index (χ4n) is 2.15. The number of benzene rings is 1. The Balaban J connectivity index is 2.01. The van der Waals surface area contributed by atoms with E-state index in [1.54, 1.807) is 37.3 Å². The van der Waals surface area contributed by atoms with E-state index in [9.17, 15) is 9.90 Å². The molecule has 0 saturated carbocycles. The number of nitrogens with one attached hydrogen (secondary N) is 1. The first-order valence-electron chi connectivity index (χ1n) is 6.87. The Morgan fingerprint density at radius 2 is 2.23 bits per heavy atom. The summed E-state index contributed by atoms with van der Waals surface area (Å²) in [7, 11) is 1.49. The fraction of sp³-hybridized carbons (Fsp3) is 0.312. The Morgan fingerprint density at radius 3 is 2.86 bits per heavy atom. The molecular formula is C16H18ClNO4. The number of halogens is 1. The van der Waals surface area contributed by atoms with Crippen LogP contribution in [0.2, 0.25) is 5.02 Å². The van der Waals surface area contributed by atoms with Crippen LogP contribution < -0.4 is 10.1 Å². The number of hydrogen-bond donors (Lipinski definition) is 2. The third kappa shape index (κ3) is 4.02. The molecule has 1 aromatic heterocycles. The summed E-state index contributed by atoms with van der Waals surface area (Å²) in [6, 6.07) is 7.99. The smallest absolute Gasteiger partial charge is 0.255 e. The summed E-state index contributed by atoms with van der Waals surface area (Å²) < 4.78 is 10.3. The van der Waals surface area contributed by atoms with Crippen LogP contribution in [0.5, 0.6) is 5.75 Å². The summed E-state index contributed by atoms with van der Waals surface area (Å²) in [4.78, 5) is 12.3. The van der Waals surface area contributed by atoms with Crippen LogP contribution >= 0.6 is 11.6 Å². The van der Waals surface area contributed by atoms with Gasteiger partial charge in [-0.05, 0) is 37.3 Å². The molecule has 1 heterocycles. The highest BCUT2D eigenvalue weighted by atomic mass is 35.5. The molecule has 5 nitrogen and oxygen atoms in total. The van der Waals surface area contributed by atoms with E-state index in [-0.39, 0.29) is 11.9 Å². The molecule has 0 radical (unpaired) electrons. The summed E-state index contributed by atoms with van der Waals surface area (Å²) in [5, 5.41) is 13.3. The van der Waals surface area contributed by atoms with Crippen molar-refractivity contribution in [2.45, 2.75) is 25.5 Å². The molecule has 22 heavy (non-hydrogen) atoms. The summed E-state index contributed by atoms with van der Waals surface area (Å²) in [5.74, 6) is 0.612. The minimum absolute atomic E-state index is 0.253. The number of carbonyl (C=O) groups excluding carboxylic acids is 1. The Bertz CT molecular complexity index is 627. The van der Waals surface area contributed by atoms with Gasteiger partial charge in [0.2, 0.25) is 0 Å². The molecule has 1 aromatic carbocycles. The van der Waals surface area contributed by atoms with Gasteiger partial charge in [0.25, 0.3) is 5.91 Å². The van der Waals surface area contributed by atoms with E-state index in [4.69, 9.17) is 20.8 Å². The molecule has 0 aliphatic rings. The van der Waals surface area contributed by atoms with Crippen molar-refractivity contribution >= 4 is 17.5 Å². The second kappa shape index (κ2) is 7.33. The second-order valence-corrected chi connectivity index (χ2v) is 5.42. The lowest BCUT2D eigenvalue weighted by atomic mass is 10.1. The van der Waals surface area contributed by atoms with E-state index in [1.165, 1.54) is 13.4 Å². The number of aliphatic hydroxyl groups is 1. The van der Waals surface area contributed by atoms with Gasteiger partial charge in [0, 0.05) is 17.5 Å². The molecule has 2 rings (SSSR count). The molecule has 2 aromatic rings. The van der Waals surface area contributed by atoms with E-state index >= 15 is 0 Å². The minimum Gasteiger partial charge on any atom is -0.496 e. The molecule has 2 atom stereocenters. The number of rotatable bonds is 6. The molecule has 0 saturated heterocycles. The van der Waals surface area contributed by atoms with Gasteiger partial charge in [-0.25, -0.2) is 0 Å². The van der Waals surface area contributed by atoms with Gasteiger partial charge in [0.05, 0.1) is 18.9 Å². The molecule has 0 spiro atoms. The lowest BCUT2D eigenvalue weighted by Gasteiger charge is -2.17. The van der Waals surface area contributed by atoms with Crippen LogP contribution in [-0.4, -0.2) is 24.2 Å². The lowest BCUT2D eigenvalue weighted by Crippen LogP contribution is -2.34. The fourth-order valence-corrected chi connectivity index (χ4v) is 2.32. The van der Waals surface area contributed by atoms with Crippen molar-refractivity contribution in [3.05, 3.63) is 52.9 Å². The van der Waals surface area contributed by atoms with Crippen molar-refractivity contribution in [2.75, 3.05) is 7.11 Å². The maximum absolute atomic E-state index is 12.3. The number of hydrogen-bond acceptors (Lipinski definition) is 4. The first kappa shape index (κ1) is 16.4. The van der Waals surface area contributed by atoms with Gasteiger partial charge in [-0.2, -0.15) is 0 Å². The summed E-state index contributed by atoms with van der Waals surface area (Å²) in [5.41, 5.74) is 0.356. The highest BCUT2D eigenvalue weighted by molar-refractivity contribution is 6.31. The number of methoxy groups -OCH3 is 1. The van der Waals surface area contributed by atoms with Crippen LogP contribution in [0, 0.1) is 0 Å². The van der Waals surface area contributed by atoms with Crippen LogP contribution in [0.15, 0.2) is 41.0 Å². The SMILES string of the molecule is COc1ccc(Cl)cc1C(=O)NC(C)CC(O)c1ccco1. The highest BCUT2D eigenvalue weighted by Crippen LogP contribution is 2.23. The normalized spacial score (nSPS) is 13.5. The number of furan rings is 1. The van der Waals surface area contributed by atoms with Gasteiger partial charge in [-0.15, -0.1) is 0 Å². The van der Waals surface area contributed by atoms with E-state index in [2.05, 4.69) is 5.32 Å². The summed E-state index contributed by atoms with van der Waals surface area (Å²) >= 11 is 5.92. The molecule has 2 N–H and O–H groups in total. The lowest BCUT2D eigenvalue weighted by molar-refractivity contribution is 0.0900. The van der Waals surface area contributed by atoms with Crippen molar-refractivity contribution in [3.8, 4) is 5.75 Å².